The number of aryl methyl sites for hydroxylation is 1. The molecular weight excluding hydrogens is 443 g/mol. The SMILES string of the molecule is COC1=NC(C)=C(C(=O)OC(C)C)C(c2cccc(C)c2)N1CCCI. The molecule has 0 N–H and O–H groups in total. The van der Waals surface area contributed by atoms with E-state index in [0.29, 0.717) is 17.3 Å². The summed E-state index contributed by atoms with van der Waals surface area (Å²) in [6.45, 7) is 8.36. The van der Waals surface area contributed by atoms with Gasteiger partial charge in [0.05, 0.1) is 30.5 Å². The molecule has 1 aromatic carbocycles. The van der Waals surface area contributed by atoms with Gasteiger partial charge in [-0.05, 0) is 39.7 Å². The normalized spacial score (nSPS) is 17.4. The number of hydrogen-bond acceptors (Lipinski definition) is 5. The number of esters is 1. The van der Waals surface area contributed by atoms with E-state index in [2.05, 4.69) is 51.5 Å². The lowest BCUT2D eigenvalue weighted by molar-refractivity contribution is -0.143. The van der Waals surface area contributed by atoms with Gasteiger partial charge in [-0.1, -0.05) is 52.4 Å². The van der Waals surface area contributed by atoms with Crippen molar-refractivity contribution >= 4 is 34.6 Å². The van der Waals surface area contributed by atoms with Crippen molar-refractivity contribution in [2.45, 2.75) is 46.3 Å². The minimum atomic E-state index is -0.317. The van der Waals surface area contributed by atoms with E-state index >= 15 is 0 Å². The van der Waals surface area contributed by atoms with Gasteiger partial charge in [0.2, 0.25) is 0 Å². The summed E-state index contributed by atoms with van der Waals surface area (Å²) in [4.78, 5) is 19.5. The minimum Gasteiger partial charge on any atom is -0.468 e. The summed E-state index contributed by atoms with van der Waals surface area (Å²) in [7, 11) is 1.62. The molecule has 26 heavy (non-hydrogen) atoms. The van der Waals surface area contributed by atoms with Crippen LogP contribution in [0.3, 0.4) is 0 Å². The van der Waals surface area contributed by atoms with Crippen LogP contribution in [0, 0.1) is 6.92 Å². The Balaban J connectivity index is 2.58. The van der Waals surface area contributed by atoms with Crippen LogP contribution in [0.25, 0.3) is 0 Å². The zero-order valence-corrected chi connectivity index (χ0v) is 18.2. The number of nitrogens with zero attached hydrogens (tertiary/aromatic N) is 2. The van der Waals surface area contributed by atoms with E-state index in [1.807, 2.05) is 32.9 Å². The van der Waals surface area contributed by atoms with Gasteiger partial charge in [0.1, 0.15) is 0 Å². The summed E-state index contributed by atoms with van der Waals surface area (Å²) in [5, 5.41) is 0. The highest BCUT2D eigenvalue weighted by molar-refractivity contribution is 14.1. The third kappa shape index (κ3) is 4.78. The zero-order valence-electron chi connectivity index (χ0n) is 16.1. The van der Waals surface area contributed by atoms with Crippen molar-refractivity contribution in [3.8, 4) is 0 Å². The van der Waals surface area contributed by atoms with Gasteiger partial charge in [0.15, 0.2) is 0 Å². The summed E-state index contributed by atoms with van der Waals surface area (Å²) >= 11 is 2.36. The van der Waals surface area contributed by atoms with Crippen molar-refractivity contribution in [3.63, 3.8) is 0 Å². The molecule has 0 amide bonds. The highest BCUT2D eigenvalue weighted by Gasteiger charge is 2.37. The molecule has 0 aromatic heterocycles. The molecule has 1 atom stereocenters. The third-order valence-corrected chi connectivity index (χ3v) is 4.88. The first-order chi connectivity index (χ1) is 12.4. The number of alkyl halides is 1. The molecule has 1 unspecified atom stereocenters. The van der Waals surface area contributed by atoms with Gasteiger partial charge < -0.3 is 14.4 Å². The van der Waals surface area contributed by atoms with Crippen LogP contribution in [-0.4, -0.2) is 41.1 Å². The number of benzene rings is 1. The van der Waals surface area contributed by atoms with Crippen molar-refractivity contribution in [1.29, 1.82) is 0 Å². The molecule has 6 heteroatoms. The molecule has 0 fully saturated rings. The van der Waals surface area contributed by atoms with E-state index in [0.717, 1.165) is 28.5 Å². The van der Waals surface area contributed by atoms with Gasteiger partial charge in [0.25, 0.3) is 6.02 Å². The number of allylic oxidation sites excluding steroid dienone is 1. The summed E-state index contributed by atoms with van der Waals surface area (Å²) in [5.74, 6) is -0.317. The van der Waals surface area contributed by atoms with Crippen LogP contribution in [0.5, 0.6) is 0 Å². The maximum atomic E-state index is 12.9. The Kier molecular flexibility index (Phi) is 7.49. The molecule has 1 heterocycles. The Labute approximate surface area is 169 Å². The fourth-order valence-electron chi connectivity index (χ4n) is 3.07. The topological polar surface area (TPSA) is 51.1 Å². The predicted octanol–water partition coefficient (Wildman–Crippen LogP) is 4.40. The van der Waals surface area contributed by atoms with Crippen LogP contribution < -0.4 is 0 Å². The second-order valence-electron chi connectivity index (χ2n) is 6.60. The molecule has 142 valence electrons. The van der Waals surface area contributed by atoms with Gasteiger partial charge in [-0.25, -0.2) is 9.79 Å². The molecule has 0 radical (unpaired) electrons. The van der Waals surface area contributed by atoms with E-state index in [-0.39, 0.29) is 18.1 Å². The highest BCUT2D eigenvalue weighted by atomic mass is 127. The van der Waals surface area contributed by atoms with E-state index < -0.39 is 0 Å². The highest BCUT2D eigenvalue weighted by Crippen LogP contribution is 2.36. The number of amidine groups is 1. The maximum absolute atomic E-state index is 12.9. The third-order valence-electron chi connectivity index (χ3n) is 4.12. The number of rotatable bonds is 6. The summed E-state index contributed by atoms with van der Waals surface area (Å²) in [6.07, 6.45) is 0.785. The zero-order chi connectivity index (χ0) is 19.3. The van der Waals surface area contributed by atoms with Crippen LogP contribution in [0.1, 0.15) is 44.4 Å². The molecule has 0 aliphatic carbocycles. The molecule has 0 saturated carbocycles. The van der Waals surface area contributed by atoms with Gasteiger partial charge in [0, 0.05) is 11.0 Å². The second-order valence-corrected chi connectivity index (χ2v) is 7.68. The first-order valence-electron chi connectivity index (χ1n) is 8.82. The quantitative estimate of drug-likeness (QED) is 0.351. The second kappa shape index (κ2) is 9.39. The molecule has 0 bridgehead atoms. The Morgan fingerprint density at radius 1 is 1.35 bits per heavy atom. The van der Waals surface area contributed by atoms with Gasteiger partial charge >= 0.3 is 5.97 Å². The number of carbonyl (C=O) groups excluding carboxylic acids is 1. The first kappa shape index (κ1) is 20.7. The number of methoxy groups -OCH3 is 1. The Hall–Kier alpha value is -1.57. The maximum Gasteiger partial charge on any atom is 0.338 e. The lowest BCUT2D eigenvalue weighted by Crippen LogP contribution is -2.42. The van der Waals surface area contributed by atoms with E-state index in [1.54, 1.807) is 7.11 Å². The van der Waals surface area contributed by atoms with Crippen LogP contribution in [0.15, 0.2) is 40.5 Å². The van der Waals surface area contributed by atoms with E-state index in [4.69, 9.17) is 9.47 Å². The van der Waals surface area contributed by atoms with Crippen molar-refractivity contribution in [1.82, 2.24) is 4.90 Å². The first-order valence-corrected chi connectivity index (χ1v) is 10.3. The minimum absolute atomic E-state index is 0.184. The average Bonchev–Trinajstić information content (AvgIpc) is 2.58. The van der Waals surface area contributed by atoms with Crippen LogP contribution in [-0.2, 0) is 14.3 Å². The summed E-state index contributed by atoms with van der Waals surface area (Å²) < 4.78 is 12.1. The monoisotopic (exact) mass is 470 g/mol. The average molecular weight is 470 g/mol. The molecular formula is C20H27IN2O3. The Morgan fingerprint density at radius 2 is 2.08 bits per heavy atom. The van der Waals surface area contributed by atoms with Crippen LogP contribution in [0.4, 0.5) is 0 Å². The number of halogens is 1. The molecule has 2 rings (SSSR count). The van der Waals surface area contributed by atoms with Gasteiger partial charge in [-0.15, -0.1) is 0 Å². The Bertz CT molecular complexity index is 713. The van der Waals surface area contributed by atoms with Crippen LogP contribution in [0.2, 0.25) is 0 Å². The number of hydrogen-bond donors (Lipinski definition) is 0. The van der Waals surface area contributed by atoms with Crippen LogP contribution >= 0.6 is 22.6 Å². The van der Waals surface area contributed by atoms with Gasteiger partial charge in [-0.3, -0.25) is 0 Å². The lowest BCUT2D eigenvalue weighted by atomic mass is 9.93. The lowest BCUT2D eigenvalue weighted by Gasteiger charge is -2.37. The summed E-state index contributed by atoms with van der Waals surface area (Å²) in [6, 6.07) is 8.49. The summed E-state index contributed by atoms with van der Waals surface area (Å²) in [5.41, 5.74) is 3.41. The predicted molar refractivity (Wildman–Crippen MR) is 113 cm³/mol. The standard InChI is InChI=1S/C20H27IN2O3/c1-13(2)26-19(24)17-15(4)22-20(25-5)23(11-7-10-21)18(17)16-9-6-8-14(3)12-16/h6,8-9,12-13,18H,7,10-11H2,1-5H3. The number of aliphatic imine (C=N–C) groups is 1. The van der Waals surface area contributed by atoms with Crippen molar-refractivity contribution in [3.05, 3.63) is 46.7 Å². The fraction of sp³-hybridized carbons (Fsp3) is 0.500. The number of ether oxygens (including phenoxy) is 2. The van der Waals surface area contributed by atoms with E-state index in [9.17, 15) is 4.79 Å². The Morgan fingerprint density at radius 3 is 2.65 bits per heavy atom. The van der Waals surface area contributed by atoms with E-state index in [1.165, 1.54) is 0 Å². The molecule has 5 nitrogen and oxygen atoms in total. The fourth-order valence-corrected chi connectivity index (χ4v) is 3.41. The van der Waals surface area contributed by atoms with Crippen molar-refractivity contribution < 1.29 is 14.3 Å². The molecule has 1 aromatic rings. The smallest absolute Gasteiger partial charge is 0.338 e. The molecule has 1 aliphatic rings. The molecule has 1 aliphatic heterocycles. The molecule has 0 saturated heterocycles. The largest absolute Gasteiger partial charge is 0.468 e. The van der Waals surface area contributed by atoms with Crippen molar-refractivity contribution in [2.75, 3.05) is 18.1 Å². The van der Waals surface area contributed by atoms with Gasteiger partial charge in [-0.2, -0.15) is 0 Å². The number of carbonyl (C=O) groups is 1. The van der Waals surface area contributed by atoms with Crippen molar-refractivity contribution in [2.24, 2.45) is 4.99 Å². The molecule has 0 spiro atoms.